The van der Waals surface area contributed by atoms with Gasteiger partial charge < -0.3 is 19.3 Å². The zero-order chi connectivity index (χ0) is 27.5. The van der Waals surface area contributed by atoms with Gasteiger partial charge in [-0.3, -0.25) is 16.4 Å². The Morgan fingerprint density at radius 2 is 1.26 bits per heavy atom. The van der Waals surface area contributed by atoms with Crippen LogP contribution in [-0.2, 0) is 9.47 Å². The van der Waals surface area contributed by atoms with Crippen molar-refractivity contribution < 1.29 is 28.9 Å². The number of carbonyl (C=O) groups excluding carboxylic acids is 2. The van der Waals surface area contributed by atoms with Crippen molar-refractivity contribution in [1.29, 1.82) is 0 Å². The number of nitrogens with one attached hydrogen (secondary N) is 2. The third kappa shape index (κ3) is 8.50. The van der Waals surface area contributed by atoms with E-state index >= 15 is 0 Å². The standard InChI is InChI=1S/C29H35N3O6/c1-19(18-26(33)27(30)38-24-7-5-4-6-8-24)17-25(20-9-13-22(14-10-20)31-28(34)36-2)21-11-15-23(16-12-21)32-29(35)37-3/h4-16,19,25-27,33H,17-18,30H2,1-3H3,(H,31,34)(H,32,35)/t19?,26-,27?/m0/s1. The van der Waals surface area contributed by atoms with Gasteiger partial charge in [0, 0.05) is 17.3 Å². The topological polar surface area (TPSA) is 132 Å². The molecule has 202 valence electrons. The number of para-hydroxylation sites is 1. The normalized spacial score (nSPS) is 13.2. The summed E-state index contributed by atoms with van der Waals surface area (Å²) in [6, 6.07) is 24.2. The van der Waals surface area contributed by atoms with Crippen molar-refractivity contribution in [2.75, 3.05) is 24.9 Å². The summed E-state index contributed by atoms with van der Waals surface area (Å²) in [5.74, 6) is 0.662. The van der Waals surface area contributed by atoms with Crippen LogP contribution in [0.25, 0.3) is 0 Å². The number of hydrogen-bond acceptors (Lipinski definition) is 7. The fourth-order valence-electron chi connectivity index (χ4n) is 4.18. The molecule has 0 aliphatic carbocycles. The molecule has 0 aliphatic rings. The Balaban J connectivity index is 1.75. The third-order valence-electron chi connectivity index (χ3n) is 6.17. The van der Waals surface area contributed by atoms with E-state index in [4.69, 9.17) is 10.5 Å². The summed E-state index contributed by atoms with van der Waals surface area (Å²) >= 11 is 0. The summed E-state index contributed by atoms with van der Waals surface area (Å²) in [4.78, 5) is 23.1. The van der Waals surface area contributed by atoms with Gasteiger partial charge >= 0.3 is 12.2 Å². The number of rotatable bonds is 11. The fourth-order valence-corrected chi connectivity index (χ4v) is 4.18. The zero-order valence-corrected chi connectivity index (χ0v) is 21.8. The van der Waals surface area contributed by atoms with Crippen LogP contribution in [0.5, 0.6) is 5.75 Å². The molecule has 3 atom stereocenters. The van der Waals surface area contributed by atoms with E-state index in [9.17, 15) is 14.7 Å². The maximum absolute atomic E-state index is 11.6. The van der Waals surface area contributed by atoms with Crippen LogP contribution in [0.2, 0.25) is 0 Å². The molecule has 5 N–H and O–H groups in total. The Kier molecular flexibility index (Phi) is 10.5. The van der Waals surface area contributed by atoms with E-state index in [-0.39, 0.29) is 11.8 Å². The number of nitrogens with two attached hydrogens (primary N) is 1. The minimum absolute atomic E-state index is 0.0252. The molecule has 0 saturated heterocycles. The van der Waals surface area contributed by atoms with Gasteiger partial charge in [0.1, 0.15) is 11.9 Å². The van der Waals surface area contributed by atoms with Crippen LogP contribution >= 0.6 is 0 Å². The molecule has 0 bridgehead atoms. The lowest BCUT2D eigenvalue weighted by atomic mass is 9.82. The maximum atomic E-state index is 11.6. The van der Waals surface area contributed by atoms with Gasteiger partial charge in [-0.25, -0.2) is 9.59 Å². The van der Waals surface area contributed by atoms with Gasteiger partial charge in [-0.15, -0.1) is 0 Å². The van der Waals surface area contributed by atoms with Gasteiger partial charge in [-0.05, 0) is 66.3 Å². The second-order valence-electron chi connectivity index (χ2n) is 9.07. The molecule has 9 heteroatoms. The molecule has 3 rings (SSSR count). The molecular weight excluding hydrogens is 486 g/mol. The molecule has 0 radical (unpaired) electrons. The molecule has 38 heavy (non-hydrogen) atoms. The maximum Gasteiger partial charge on any atom is 0.411 e. The highest BCUT2D eigenvalue weighted by molar-refractivity contribution is 5.85. The molecule has 3 aromatic carbocycles. The van der Waals surface area contributed by atoms with E-state index in [1.807, 2.05) is 66.7 Å². The summed E-state index contributed by atoms with van der Waals surface area (Å²) in [7, 11) is 2.62. The van der Waals surface area contributed by atoms with Crippen LogP contribution < -0.4 is 21.1 Å². The second-order valence-corrected chi connectivity index (χ2v) is 9.07. The van der Waals surface area contributed by atoms with Crippen molar-refractivity contribution in [2.24, 2.45) is 11.7 Å². The number of carbonyl (C=O) groups is 2. The lowest BCUT2D eigenvalue weighted by Crippen LogP contribution is -2.40. The Bertz CT molecular complexity index is 1090. The average molecular weight is 522 g/mol. The van der Waals surface area contributed by atoms with Gasteiger partial charge in [-0.1, -0.05) is 49.4 Å². The number of ether oxygens (including phenoxy) is 3. The summed E-state index contributed by atoms with van der Waals surface area (Å²) in [6.07, 6.45) is -1.65. The van der Waals surface area contributed by atoms with E-state index in [1.54, 1.807) is 12.1 Å². The highest BCUT2D eigenvalue weighted by Crippen LogP contribution is 2.34. The Labute approximate surface area is 222 Å². The predicted octanol–water partition coefficient (Wildman–Crippen LogP) is 5.32. The minimum Gasteiger partial charge on any atom is -0.473 e. The first-order chi connectivity index (χ1) is 18.3. The number of methoxy groups -OCH3 is 2. The van der Waals surface area contributed by atoms with Gasteiger partial charge in [0.25, 0.3) is 0 Å². The summed E-state index contributed by atoms with van der Waals surface area (Å²) in [5.41, 5.74) is 9.41. The molecule has 2 amide bonds. The molecule has 0 saturated carbocycles. The minimum atomic E-state index is -0.857. The van der Waals surface area contributed by atoms with E-state index in [2.05, 4.69) is 27.0 Å². The summed E-state index contributed by atoms with van der Waals surface area (Å²) in [5, 5.41) is 16.0. The third-order valence-corrected chi connectivity index (χ3v) is 6.17. The van der Waals surface area contributed by atoms with Crippen LogP contribution in [0.4, 0.5) is 21.0 Å². The molecule has 3 aromatic rings. The molecule has 0 aliphatic heterocycles. The Morgan fingerprint density at radius 1 is 0.789 bits per heavy atom. The summed E-state index contributed by atoms with van der Waals surface area (Å²) in [6.45, 7) is 2.06. The van der Waals surface area contributed by atoms with Crippen LogP contribution in [-0.4, -0.2) is 43.8 Å². The first-order valence-corrected chi connectivity index (χ1v) is 12.3. The van der Waals surface area contributed by atoms with Crippen LogP contribution in [0.1, 0.15) is 36.8 Å². The van der Waals surface area contributed by atoms with E-state index < -0.39 is 24.5 Å². The highest BCUT2D eigenvalue weighted by Gasteiger charge is 2.24. The second kappa shape index (κ2) is 14.0. The smallest absolute Gasteiger partial charge is 0.411 e. The summed E-state index contributed by atoms with van der Waals surface area (Å²) < 4.78 is 15.0. The number of aliphatic hydroxyl groups excluding tert-OH is 1. The van der Waals surface area contributed by atoms with Crippen molar-refractivity contribution in [3.05, 3.63) is 90.0 Å². The molecule has 0 fully saturated rings. The Hall–Kier alpha value is -4.08. The van der Waals surface area contributed by atoms with Crippen molar-refractivity contribution >= 4 is 23.6 Å². The van der Waals surface area contributed by atoms with Crippen LogP contribution in [0, 0.1) is 5.92 Å². The molecule has 2 unspecified atom stereocenters. The van der Waals surface area contributed by atoms with E-state index in [0.29, 0.717) is 30.0 Å². The lowest BCUT2D eigenvalue weighted by molar-refractivity contribution is 0.0243. The number of benzene rings is 3. The van der Waals surface area contributed by atoms with Gasteiger partial charge in [0.05, 0.1) is 14.2 Å². The number of anilines is 2. The largest absolute Gasteiger partial charge is 0.473 e. The van der Waals surface area contributed by atoms with Crippen molar-refractivity contribution in [2.45, 2.75) is 38.0 Å². The van der Waals surface area contributed by atoms with Gasteiger partial charge in [0.2, 0.25) is 0 Å². The monoisotopic (exact) mass is 521 g/mol. The van der Waals surface area contributed by atoms with E-state index in [0.717, 1.165) is 11.1 Å². The molecule has 0 aromatic heterocycles. The SMILES string of the molecule is COC(=O)Nc1ccc(C(CC(C)C[C@H](O)C(N)Oc2ccccc2)c2ccc(NC(=O)OC)cc2)cc1. The lowest BCUT2D eigenvalue weighted by Gasteiger charge is -2.26. The predicted molar refractivity (Wildman–Crippen MR) is 146 cm³/mol. The molecule has 9 nitrogen and oxygen atoms in total. The first-order valence-electron chi connectivity index (χ1n) is 12.3. The number of amides is 2. The molecule has 0 spiro atoms. The first kappa shape index (κ1) is 28.5. The van der Waals surface area contributed by atoms with Gasteiger partial charge in [-0.2, -0.15) is 0 Å². The highest BCUT2D eigenvalue weighted by atomic mass is 16.5. The molecular formula is C29H35N3O6. The average Bonchev–Trinajstić information content (AvgIpc) is 2.93. The number of hydrogen-bond donors (Lipinski definition) is 4. The van der Waals surface area contributed by atoms with Crippen LogP contribution in [0.3, 0.4) is 0 Å². The van der Waals surface area contributed by atoms with Gasteiger partial charge in [0.15, 0.2) is 6.23 Å². The van der Waals surface area contributed by atoms with Crippen LogP contribution in [0.15, 0.2) is 78.9 Å². The number of aliphatic hydroxyl groups is 1. The van der Waals surface area contributed by atoms with Crippen molar-refractivity contribution in [3.8, 4) is 5.75 Å². The Morgan fingerprint density at radius 3 is 1.71 bits per heavy atom. The van der Waals surface area contributed by atoms with E-state index in [1.165, 1.54) is 14.2 Å². The fraction of sp³-hybridized carbons (Fsp3) is 0.310. The van der Waals surface area contributed by atoms with Crippen molar-refractivity contribution in [3.63, 3.8) is 0 Å². The quantitative estimate of drug-likeness (QED) is 0.251. The molecule has 0 heterocycles. The van der Waals surface area contributed by atoms with Crippen molar-refractivity contribution in [1.82, 2.24) is 0 Å². The zero-order valence-electron chi connectivity index (χ0n) is 21.8.